The third-order valence-corrected chi connectivity index (χ3v) is 13.3. The van der Waals surface area contributed by atoms with Crippen LogP contribution in [0.4, 0.5) is 0 Å². The highest BCUT2D eigenvalue weighted by molar-refractivity contribution is 5.99. The number of carbonyl (C=O) groups is 12. The van der Waals surface area contributed by atoms with Gasteiger partial charge in [0.15, 0.2) is 0 Å². The minimum atomic E-state index is -2.01. The molecule has 0 bridgehead atoms. The van der Waals surface area contributed by atoms with E-state index in [-0.39, 0.29) is 63.0 Å². The van der Waals surface area contributed by atoms with Crippen LogP contribution < -0.4 is 65.5 Å². The molecule has 0 unspecified atom stereocenters. The Labute approximate surface area is 499 Å². The third kappa shape index (κ3) is 24.6. The largest absolute Gasteiger partial charge is 0.508 e. The van der Waals surface area contributed by atoms with E-state index in [9.17, 15) is 83.1 Å². The van der Waals surface area contributed by atoms with Crippen molar-refractivity contribution in [2.75, 3.05) is 13.2 Å². The summed E-state index contributed by atoms with van der Waals surface area (Å²) in [4.78, 5) is 160. The maximum absolute atomic E-state index is 14.8. The molecule has 468 valence electrons. The summed E-state index contributed by atoms with van der Waals surface area (Å²) in [5.74, 6) is -13.9. The van der Waals surface area contributed by atoms with Crippen molar-refractivity contribution in [3.8, 4) is 11.5 Å². The highest BCUT2D eigenvalue weighted by Crippen LogP contribution is 2.16. The number of nitrogens with two attached hydrogens (primary N) is 4. The van der Waals surface area contributed by atoms with E-state index in [0.29, 0.717) is 28.7 Å². The molecule has 9 atom stereocenters. The maximum atomic E-state index is 14.8. The number of carboxylic acids is 2. The van der Waals surface area contributed by atoms with E-state index < -0.39 is 151 Å². The van der Waals surface area contributed by atoms with E-state index in [1.54, 1.807) is 60.7 Å². The zero-order valence-corrected chi connectivity index (χ0v) is 47.2. The van der Waals surface area contributed by atoms with Gasteiger partial charge in [-0.1, -0.05) is 84.9 Å². The van der Waals surface area contributed by atoms with Crippen molar-refractivity contribution >= 4 is 71.0 Å². The molecule has 4 rings (SSSR count). The Morgan fingerprint density at radius 1 is 0.391 bits per heavy atom. The van der Waals surface area contributed by atoms with Gasteiger partial charge in [-0.15, -0.1) is 0 Å². The number of benzene rings is 4. The molecule has 0 spiro atoms. The number of amides is 10. The number of aromatic hydroxyl groups is 2. The summed E-state index contributed by atoms with van der Waals surface area (Å²) < 4.78 is 0. The van der Waals surface area contributed by atoms with E-state index >= 15 is 0 Å². The number of phenols is 2. The zero-order chi connectivity index (χ0) is 64.2. The second kappa shape index (κ2) is 35.3. The van der Waals surface area contributed by atoms with Crippen LogP contribution in [0.3, 0.4) is 0 Å². The lowest BCUT2D eigenvalue weighted by Gasteiger charge is -2.28. The second-order valence-corrected chi connectivity index (χ2v) is 20.3. The Bertz CT molecular complexity index is 3010. The molecule has 29 nitrogen and oxygen atoms in total. The van der Waals surface area contributed by atoms with Gasteiger partial charge in [-0.2, -0.15) is 0 Å². The molecule has 0 heterocycles. The van der Waals surface area contributed by atoms with Crippen LogP contribution in [0.1, 0.15) is 67.2 Å². The fraction of sp³-hybridized carbons (Fsp3) is 0.379. The molecule has 10 amide bonds. The normalized spacial score (nSPS) is 14.0. The van der Waals surface area contributed by atoms with Crippen LogP contribution in [-0.4, -0.2) is 164 Å². The first-order valence-corrected chi connectivity index (χ1v) is 27.5. The summed E-state index contributed by atoms with van der Waals surface area (Å²) in [5, 5.41) is 69.4. The molecule has 87 heavy (non-hydrogen) atoms. The molecule has 4 aromatic carbocycles. The first kappa shape index (κ1) is 69.5. The van der Waals surface area contributed by atoms with Crippen LogP contribution in [-0.2, 0) is 83.2 Å². The van der Waals surface area contributed by atoms with Gasteiger partial charge in [0.2, 0.25) is 59.1 Å². The number of phenolic OH excluding ortho intramolecular Hbond substituents is 2. The SMILES string of the molecule is NCCCC[C@H](NC(=O)[C@H](Cc1ccc(O)cc1)NC(=O)[C@H](Cc1ccccc1)NC(=O)[C@H](CC(=O)O)NC(=O)[C@H](Cc1ccc(O)cc1)NC(=O)[C@H](CO)NC(=O)[C@@H](N)CCC(N)=O)C(=O)N[C@@H](Cc1ccccc1)C(=O)N[C@@H](CC(N)=O)C(=O)O. The van der Waals surface area contributed by atoms with Crippen molar-refractivity contribution in [2.45, 2.75) is 125 Å². The molecule has 0 aliphatic heterocycles. The molecule has 21 N–H and O–H groups in total. The molecular formula is C58H74N12O17. The number of unbranched alkanes of at least 4 members (excludes halogenated alkanes) is 1. The fourth-order valence-electron chi connectivity index (χ4n) is 8.63. The van der Waals surface area contributed by atoms with E-state index in [2.05, 4.69) is 42.5 Å². The molecule has 0 saturated carbocycles. The summed E-state index contributed by atoms with van der Waals surface area (Å²) in [5.41, 5.74) is 23.6. The van der Waals surface area contributed by atoms with E-state index in [4.69, 9.17) is 22.9 Å². The molecule has 0 radical (unpaired) electrons. The lowest BCUT2D eigenvalue weighted by Crippen LogP contribution is -2.61. The summed E-state index contributed by atoms with van der Waals surface area (Å²) >= 11 is 0. The minimum absolute atomic E-state index is 0.0937. The van der Waals surface area contributed by atoms with Crippen LogP contribution in [0.2, 0.25) is 0 Å². The zero-order valence-electron chi connectivity index (χ0n) is 47.2. The predicted molar refractivity (Wildman–Crippen MR) is 309 cm³/mol. The molecule has 4 aromatic rings. The molecular weight excluding hydrogens is 1140 g/mol. The number of nitrogens with one attached hydrogen (secondary N) is 8. The fourth-order valence-corrected chi connectivity index (χ4v) is 8.63. The Hall–Kier alpha value is -10.0. The molecule has 29 heteroatoms. The van der Waals surface area contributed by atoms with Crippen LogP contribution in [0.5, 0.6) is 11.5 Å². The smallest absolute Gasteiger partial charge is 0.326 e. The highest BCUT2D eigenvalue weighted by Gasteiger charge is 2.36. The lowest BCUT2D eigenvalue weighted by atomic mass is 10.0. The standard InChI is InChI=1S/C58H74N12O17/c59-24-8-7-13-39(51(79)64-41(26-33-11-5-2-6-12-33)55(83)69-45(58(86)87)29-48(62)75)63-52(80)42(27-34-14-18-36(72)19-15-34)65-53(81)40(25-32-9-3-1-4-10-32)66-56(84)44(30-49(76)77)68-54(82)43(28-35-16-20-37(73)21-17-35)67-57(85)46(31-71)70-50(78)38(60)22-23-47(61)74/h1-6,9-12,14-21,38-46,71-73H,7-8,13,22-31,59-60H2,(H2,61,74)(H2,62,75)(H,63,80)(H,64,79)(H,65,81)(H,66,84)(H,67,85)(H,68,82)(H,69,83)(H,70,78)(H,76,77)(H,86,87)/t38-,39-,40-,41-,42-,43-,44-,45-,46-/m0/s1. The van der Waals surface area contributed by atoms with Crippen LogP contribution in [0, 0.1) is 0 Å². The summed E-state index contributed by atoms with van der Waals surface area (Å²) in [6.07, 6.45) is -3.14. The Kier molecular flexibility index (Phi) is 28.2. The van der Waals surface area contributed by atoms with Gasteiger partial charge in [0.05, 0.1) is 25.5 Å². The Morgan fingerprint density at radius 2 is 0.736 bits per heavy atom. The maximum Gasteiger partial charge on any atom is 0.326 e. The highest BCUT2D eigenvalue weighted by atomic mass is 16.4. The van der Waals surface area contributed by atoms with E-state index in [0.717, 1.165) is 0 Å². The molecule has 0 aromatic heterocycles. The number of hydrogen-bond acceptors (Lipinski definition) is 17. The first-order chi connectivity index (χ1) is 41.3. The average Bonchev–Trinajstić information content (AvgIpc) is 3.55. The lowest BCUT2D eigenvalue weighted by molar-refractivity contribution is -0.143. The third-order valence-electron chi connectivity index (χ3n) is 13.3. The van der Waals surface area contributed by atoms with Crippen molar-refractivity contribution in [1.82, 2.24) is 42.5 Å². The summed E-state index contributed by atoms with van der Waals surface area (Å²) in [7, 11) is 0. The second-order valence-electron chi connectivity index (χ2n) is 20.3. The van der Waals surface area contributed by atoms with Crippen molar-refractivity contribution in [2.24, 2.45) is 22.9 Å². The van der Waals surface area contributed by atoms with Crippen molar-refractivity contribution in [1.29, 1.82) is 0 Å². The number of carboxylic acid groups (broad SMARTS) is 2. The Morgan fingerprint density at radius 3 is 1.10 bits per heavy atom. The van der Waals surface area contributed by atoms with Gasteiger partial charge >= 0.3 is 11.9 Å². The number of primary amides is 2. The van der Waals surface area contributed by atoms with Crippen LogP contribution >= 0.6 is 0 Å². The quantitative estimate of drug-likeness (QED) is 0.0194. The minimum Gasteiger partial charge on any atom is -0.508 e. The van der Waals surface area contributed by atoms with Gasteiger partial charge in [-0.25, -0.2) is 4.79 Å². The molecule has 0 aliphatic rings. The number of aliphatic hydroxyl groups is 1. The van der Waals surface area contributed by atoms with Gasteiger partial charge in [-0.05, 0) is 78.7 Å². The molecule has 0 fully saturated rings. The van der Waals surface area contributed by atoms with Crippen molar-refractivity contribution < 1.29 is 83.1 Å². The van der Waals surface area contributed by atoms with Crippen LogP contribution in [0.15, 0.2) is 109 Å². The summed E-state index contributed by atoms with van der Waals surface area (Å²) in [6.45, 7) is -0.857. The monoisotopic (exact) mass is 1210 g/mol. The van der Waals surface area contributed by atoms with Gasteiger partial charge in [0, 0.05) is 32.1 Å². The number of rotatable bonds is 37. The molecule has 0 saturated heterocycles. The Balaban J connectivity index is 1.69. The van der Waals surface area contributed by atoms with E-state index in [1.165, 1.54) is 48.5 Å². The topological polar surface area (TPSA) is 506 Å². The van der Waals surface area contributed by atoms with Crippen molar-refractivity contribution in [3.63, 3.8) is 0 Å². The number of hydrogen-bond donors (Lipinski definition) is 17. The number of carbonyl (C=O) groups excluding carboxylic acids is 10. The summed E-state index contributed by atoms with van der Waals surface area (Å²) in [6, 6.07) is 12.3. The first-order valence-electron chi connectivity index (χ1n) is 27.5. The average molecular weight is 1210 g/mol. The van der Waals surface area contributed by atoms with Gasteiger partial charge in [0.1, 0.15) is 59.8 Å². The van der Waals surface area contributed by atoms with Crippen LogP contribution in [0.25, 0.3) is 0 Å². The molecule has 0 aliphatic carbocycles. The van der Waals surface area contributed by atoms with Gasteiger partial charge < -0.3 is 91.0 Å². The predicted octanol–water partition coefficient (Wildman–Crippen LogP) is -3.60. The van der Waals surface area contributed by atoms with Gasteiger partial charge in [-0.3, -0.25) is 52.7 Å². The van der Waals surface area contributed by atoms with Gasteiger partial charge in [0.25, 0.3) is 0 Å². The van der Waals surface area contributed by atoms with E-state index in [1.807, 2.05) is 0 Å². The number of aliphatic hydroxyl groups excluding tert-OH is 1. The van der Waals surface area contributed by atoms with Crippen molar-refractivity contribution in [3.05, 3.63) is 131 Å². The number of aliphatic carboxylic acids is 2.